The smallest absolute Gasteiger partial charge is 0.141 e. The number of pyridine rings is 1. The summed E-state index contributed by atoms with van der Waals surface area (Å²) in [5.74, 6) is 0.111. The number of benzene rings is 1. The van der Waals surface area contributed by atoms with Crippen LogP contribution in [0, 0.1) is 28.6 Å². The number of rotatable bonds is 4. The molecule has 31 heavy (non-hydrogen) atoms. The Morgan fingerprint density at radius 2 is 2.03 bits per heavy atom. The van der Waals surface area contributed by atoms with E-state index in [1.54, 1.807) is 18.3 Å². The molecule has 7 nitrogen and oxygen atoms in total. The van der Waals surface area contributed by atoms with Crippen LogP contribution < -0.4 is 10.6 Å². The average Bonchev–Trinajstić information content (AvgIpc) is 3.44. The number of nitrogens with zero attached hydrogens (tertiary/aromatic N) is 5. The van der Waals surface area contributed by atoms with Gasteiger partial charge >= 0.3 is 0 Å². The first-order valence-corrected chi connectivity index (χ1v) is 10.8. The van der Waals surface area contributed by atoms with Gasteiger partial charge in [0, 0.05) is 36.1 Å². The first-order valence-electron chi connectivity index (χ1n) is 9.94. The molecule has 1 aliphatic heterocycles. The summed E-state index contributed by atoms with van der Waals surface area (Å²) in [6, 6.07) is 11.6. The molecule has 1 unspecified atom stereocenters. The number of aromatic nitrogens is 2. The Kier molecular flexibility index (Phi) is 5.36. The lowest BCUT2D eigenvalue weighted by Gasteiger charge is -2.27. The highest BCUT2D eigenvalue weighted by Gasteiger charge is 2.34. The summed E-state index contributed by atoms with van der Waals surface area (Å²) < 4.78 is 0. The SMILES string of the molecule is CC(C)(O)C1CCN(c2cccc(-c3nc(-c4nccs4)cc(N)c3C#N)c2C#N)C1. The minimum absolute atomic E-state index is 0.111. The van der Waals surface area contributed by atoms with Gasteiger partial charge in [0.2, 0.25) is 0 Å². The first-order chi connectivity index (χ1) is 14.8. The molecule has 0 spiro atoms. The van der Waals surface area contributed by atoms with Crippen LogP contribution in [-0.4, -0.2) is 33.8 Å². The van der Waals surface area contributed by atoms with E-state index in [0.29, 0.717) is 39.8 Å². The van der Waals surface area contributed by atoms with E-state index in [4.69, 9.17) is 5.73 Å². The topological polar surface area (TPSA) is 123 Å². The zero-order chi connectivity index (χ0) is 22.2. The second kappa shape index (κ2) is 7.99. The lowest BCUT2D eigenvalue weighted by molar-refractivity contribution is 0.0263. The Hall–Kier alpha value is -3.46. The molecule has 0 amide bonds. The van der Waals surface area contributed by atoms with Gasteiger partial charge in [-0.1, -0.05) is 12.1 Å². The monoisotopic (exact) mass is 430 g/mol. The van der Waals surface area contributed by atoms with Crippen molar-refractivity contribution in [2.24, 2.45) is 5.92 Å². The maximum Gasteiger partial charge on any atom is 0.141 e. The molecule has 3 aromatic rings. The molecule has 3 heterocycles. The third-order valence-electron chi connectivity index (χ3n) is 5.75. The summed E-state index contributed by atoms with van der Waals surface area (Å²) in [6.07, 6.45) is 2.52. The molecular weight excluding hydrogens is 408 g/mol. The summed E-state index contributed by atoms with van der Waals surface area (Å²) in [6.45, 7) is 5.03. The Morgan fingerprint density at radius 1 is 1.26 bits per heavy atom. The predicted octanol–water partition coefficient (Wildman–Crippen LogP) is 3.79. The minimum atomic E-state index is -0.787. The molecule has 1 aromatic carbocycles. The van der Waals surface area contributed by atoms with E-state index >= 15 is 0 Å². The van der Waals surface area contributed by atoms with Crippen molar-refractivity contribution >= 4 is 22.7 Å². The average molecular weight is 431 g/mol. The molecule has 3 N–H and O–H groups in total. The van der Waals surface area contributed by atoms with Crippen LogP contribution in [-0.2, 0) is 0 Å². The van der Waals surface area contributed by atoms with Crippen LogP contribution in [0.25, 0.3) is 22.0 Å². The molecule has 4 rings (SSSR count). The third-order valence-corrected chi connectivity index (χ3v) is 6.55. The van der Waals surface area contributed by atoms with E-state index < -0.39 is 5.60 Å². The van der Waals surface area contributed by atoms with Crippen LogP contribution in [0.5, 0.6) is 0 Å². The third kappa shape index (κ3) is 3.84. The van der Waals surface area contributed by atoms with Gasteiger partial charge in [-0.2, -0.15) is 10.5 Å². The molecule has 8 heteroatoms. The maximum absolute atomic E-state index is 10.4. The van der Waals surface area contributed by atoms with Crippen LogP contribution in [0.15, 0.2) is 35.8 Å². The van der Waals surface area contributed by atoms with Crippen LogP contribution in [0.1, 0.15) is 31.4 Å². The zero-order valence-corrected chi connectivity index (χ0v) is 18.1. The van der Waals surface area contributed by atoms with Crippen molar-refractivity contribution in [2.75, 3.05) is 23.7 Å². The largest absolute Gasteiger partial charge is 0.398 e. The van der Waals surface area contributed by atoms with E-state index in [-0.39, 0.29) is 11.5 Å². The molecule has 0 aliphatic carbocycles. The fourth-order valence-electron chi connectivity index (χ4n) is 4.01. The van der Waals surface area contributed by atoms with Crippen LogP contribution in [0.4, 0.5) is 11.4 Å². The van der Waals surface area contributed by atoms with Gasteiger partial charge in [0.05, 0.1) is 28.2 Å². The standard InChI is InChI=1S/C23H22N6OS/c1-23(2,30)14-6-8-29(13-14)20-5-3-4-15(16(20)11-24)21-17(12-25)18(26)10-19(28-21)22-27-7-9-31-22/h3-5,7,9-10,14,30H,6,8,13H2,1-2H3,(H2,26,28). The van der Waals surface area contributed by atoms with Crippen molar-refractivity contribution in [2.45, 2.75) is 25.9 Å². The van der Waals surface area contributed by atoms with Crippen molar-refractivity contribution in [1.29, 1.82) is 10.5 Å². The molecule has 1 atom stereocenters. The lowest BCUT2D eigenvalue weighted by Crippen LogP contribution is -2.33. The van der Waals surface area contributed by atoms with Crippen molar-refractivity contribution in [3.63, 3.8) is 0 Å². The minimum Gasteiger partial charge on any atom is -0.398 e. The van der Waals surface area contributed by atoms with E-state index in [9.17, 15) is 15.6 Å². The Bertz CT molecular complexity index is 1200. The number of nitriles is 2. The predicted molar refractivity (Wildman–Crippen MR) is 121 cm³/mol. The number of hydrogen-bond donors (Lipinski definition) is 2. The summed E-state index contributed by atoms with van der Waals surface area (Å²) in [5, 5.41) is 32.7. The molecule has 1 saturated heterocycles. The fourth-order valence-corrected chi connectivity index (χ4v) is 4.61. The van der Waals surface area contributed by atoms with Crippen molar-refractivity contribution in [3.05, 3.63) is 47.0 Å². The number of anilines is 2. The summed E-state index contributed by atoms with van der Waals surface area (Å²) in [7, 11) is 0. The van der Waals surface area contributed by atoms with Gasteiger partial charge in [0.25, 0.3) is 0 Å². The Labute approximate surface area is 185 Å². The lowest BCUT2D eigenvalue weighted by atomic mass is 9.90. The van der Waals surface area contributed by atoms with Crippen molar-refractivity contribution < 1.29 is 5.11 Å². The molecule has 0 radical (unpaired) electrons. The van der Waals surface area contributed by atoms with E-state index in [1.807, 2.05) is 31.4 Å². The number of nitrogen functional groups attached to an aromatic ring is 1. The van der Waals surface area contributed by atoms with Crippen LogP contribution in [0.2, 0.25) is 0 Å². The second-order valence-electron chi connectivity index (χ2n) is 8.17. The van der Waals surface area contributed by atoms with Crippen LogP contribution in [0.3, 0.4) is 0 Å². The van der Waals surface area contributed by atoms with Gasteiger partial charge in [-0.25, -0.2) is 9.97 Å². The molecule has 1 fully saturated rings. The summed E-state index contributed by atoms with van der Waals surface area (Å²) in [5.41, 5.74) is 8.67. The Balaban J connectivity index is 1.84. The van der Waals surface area contributed by atoms with Gasteiger partial charge in [0.1, 0.15) is 28.4 Å². The summed E-state index contributed by atoms with van der Waals surface area (Å²) in [4.78, 5) is 11.1. The quantitative estimate of drug-likeness (QED) is 0.645. The number of aliphatic hydroxyl groups is 1. The Morgan fingerprint density at radius 3 is 2.65 bits per heavy atom. The molecule has 1 aliphatic rings. The van der Waals surface area contributed by atoms with Crippen molar-refractivity contribution in [3.8, 4) is 34.1 Å². The van der Waals surface area contributed by atoms with E-state index in [0.717, 1.165) is 18.7 Å². The van der Waals surface area contributed by atoms with Crippen molar-refractivity contribution in [1.82, 2.24) is 9.97 Å². The highest BCUT2D eigenvalue weighted by Crippen LogP contribution is 2.38. The van der Waals surface area contributed by atoms with Gasteiger partial charge in [-0.05, 0) is 32.4 Å². The first kappa shape index (κ1) is 20.8. The fraction of sp³-hybridized carbons (Fsp3) is 0.304. The number of hydrogen-bond acceptors (Lipinski definition) is 8. The zero-order valence-electron chi connectivity index (χ0n) is 17.3. The second-order valence-corrected chi connectivity index (χ2v) is 9.06. The molecule has 0 bridgehead atoms. The van der Waals surface area contributed by atoms with Gasteiger partial charge in [0.15, 0.2) is 0 Å². The van der Waals surface area contributed by atoms with E-state index in [2.05, 4.69) is 27.0 Å². The number of nitrogens with two attached hydrogens (primary N) is 1. The van der Waals surface area contributed by atoms with Crippen LogP contribution >= 0.6 is 11.3 Å². The molecular formula is C23H22N6OS. The van der Waals surface area contributed by atoms with Gasteiger partial charge in [-0.3, -0.25) is 0 Å². The van der Waals surface area contributed by atoms with Gasteiger partial charge < -0.3 is 15.7 Å². The highest BCUT2D eigenvalue weighted by molar-refractivity contribution is 7.13. The summed E-state index contributed by atoms with van der Waals surface area (Å²) >= 11 is 1.43. The molecule has 156 valence electrons. The maximum atomic E-state index is 10.4. The molecule has 0 saturated carbocycles. The van der Waals surface area contributed by atoms with E-state index in [1.165, 1.54) is 11.3 Å². The van der Waals surface area contributed by atoms with Gasteiger partial charge in [-0.15, -0.1) is 11.3 Å². The normalized spacial score (nSPS) is 16.2. The molecule has 2 aromatic heterocycles. The highest BCUT2D eigenvalue weighted by atomic mass is 32.1. The number of thiazole rings is 1.